The fraction of sp³-hybridized carbons (Fsp3) is 0.543. The van der Waals surface area contributed by atoms with Gasteiger partial charge in [0.25, 0.3) is 6.43 Å². The largest absolute Gasteiger partial charge is 0.415 e. The van der Waals surface area contributed by atoms with Crippen molar-refractivity contribution in [2.45, 2.75) is 89.7 Å². The molecule has 8 nitrogen and oxygen atoms in total. The molecule has 0 radical (unpaired) electrons. The lowest BCUT2D eigenvalue weighted by molar-refractivity contribution is -0.932. The summed E-state index contributed by atoms with van der Waals surface area (Å²) in [7, 11) is 4.33. The number of alkyl halides is 2. The Labute approximate surface area is 264 Å². The Kier molecular flexibility index (Phi) is 10.1. The van der Waals surface area contributed by atoms with Gasteiger partial charge in [0.15, 0.2) is 0 Å². The molecular formula is C35H46F2N5O3+. The molecule has 3 aromatic rings. The number of ether oxygens (including phenoxy) is 1. The number of halogens is 2. The van der Waals surface area contributed by atoms with E-state index in [2.05, 4.69) is 34.4 Å². The van der Waals surface area contributed by atoms with E-state index in [0.717, 1.165) is 15.6 Å². The second-order valence-electron chi connectivity index (χ2n) is 13.6. The smallest absolute Gasteiger partial charge is 0.313 e. The van der Waals surface area contributed by atoms with Crippen LogP contribution >= 0.6 is 0 Å². The van der Waals surface area contributed by atoms with Gasteiger partial charge in [0.2, 0.25) is 6.73 Å². The minimum Gasteiger partial charge on any atom is -0.415 e. The first kappa shape index (κ1) is 32.9. The number of esters is 1. The predicted molar refractivity (Wildman–Crippen MR) is 170 cm³/mol. The lowest BCUT2D eigenvalue weighted by atomic mass is 9.73. The lowest BCUT2D eigenvalue weighted by Gasteiger charge is -2.40. The van der Waals surface area contributed by atoms with Gasteiger partial charge < -0.3 is 15.2 Å². The Hall–Kier alpha value is -3.50. The number of hydrogen-bond acceptors (Lipinski definition) is 7. The molecule has 2 N–H and O–H groups in total. The van der Waals surface area contributed by atoms with Crippen LogP contribution < -0.4 is 5.32 Å². The number of carbonyl (C=O) groups excluding carboxylic acids is 1. The highest BCUT2D eigenvalue weighted by Crippen LogP contribution is 2.41. The van der Waals surface area contributed by atoms with Crippen molar-refractivity contribution >= 4 is 17.6 Å². The molecule has 5 rings (SSSR count). The Morgan fingerprint density at radius 3 is 2.42 bits per heavy atom. The summed E-state index contributed by atoms with van der Waals surface area (Å²) in [6.07, 6.45) is 9.44. The normalized spacial score (nSPS) is 20.9. The van der Waals surface area contributed by atoms with Gasteiger partial charge in [0, 0.05) is 23.5 Å². The molecule has 1 atom stereocenters. The SMILES string of the molecule is Cc1cc(Nc2cc(C(F)F)ccn2)nc(-c2ccc([C@](C)(O)[C@H]3CC[C@H](C(=O)OC[N+](C)(C)C4CCCCC4)CC3)nc2)c1. The maximum Gasteiger partial charge on any atom is 0.313 e. The van der Waals surface area contributed by atoms with Crippen molar-refractivity contribution in [3.63, 3.8) is 0 Å². The number of carbonyl (C=O) groups is 1. The van der Waals surface area contributed by atoms with E-state index in [1.807, 2.05) is 31.2 Å². The van der Waals surface area contributed by atoms with Crippen molar-refractivity contribution in [3.8, 4) is 11.3 Å². The van der Waals surface area contributed by atoms with Gasteiger partial charge in [0.05, 0.1) is 37.4 Å². The van der Waals surface area contributed by atoms with Gasteiger partial charge in [0.1, 0.15) is 17.2 Å². The van der Waals surface area contributed by atoms with Crippen molar-refractivity contribution in [1.29, 1.82) is 0 Å². The first-order valence-electron chi connectivity index (χ1n) is 16.1. The molecule has 242 valence electrons. The van der Waals surface area contributed by atoms with Crippen molar-refractivity contribution < 1.29 is 27.9 Å². The molecule has 0 saturated heterocycles. The number of nitrogens with one attached hydrogen (secondary N) is 1. The van der Waals surface area contributed by atoms with Gasteiger partial charge in [-0.25, -0.2) is 18.7 Å². The summed E-state index contributed by atoms with van der Waals surface area (Å²) >= 11 is 0. The fourth-order valence-corrected chi connectivity index (χ4v) is 6.84. The minimum absolute atomic E-state index is 0.0289. The van der Waals surface area contributed by atoms with E-state index in [0.29, 0.717) is 55.7 Å². The molecule has 2 aliphatic rings. The highest BCUT2D eigenvalue weighted by atomic mass is 19.3. The zero-order chi connectivity index (χ0) is 32.2. The molecule has 0 bridgehead atoms. The summed E-state index contributed by atoms with van der Waals surface area (Å²) < 4.78 is 32.8. The van der Waals surface area contributed by atoms with Crippen LogP contribution in [0, 0.1) is 18.8 Å². The second kappa shape index (κ2) is 13.9. The monoisotopic (exact) mass is 622 g/mol. The molecule has 0 aromatic carbocycles. The van der Waals surface area contributed by atoms with Crippen molar-refractivity contribution in [1.82, 2.24) is 15.0 Å². The van der Waals surface area contributed by atoms with Crippen LogP contribution in [0.15, 0.2) is 48.8 Å². The van der Waals surface area contributed by atoms with Gasteiger partial charge in [-0.3, -0.25) is 14.3 Å². The average Bonchev–Trinajstić information content (AvgIpc) is 3.04. The van der Waals surface area contributed by atoms with Crippen LogP contribution in [0.5, 0.6) is 0 Å². The number of aryl methyl sites for hydroxylation is 1. The van der Waals surface area contributed by atoms with E-state index < -0.39 is 12.0 Å². The number of nitrogens with zero attached hydrogens (tertiary/aromatic N) is 4. The molecule has 10 heteroatoms. The zero-order valence-corrected chi connectivity index (χ0v) is 26.8. The third-order valence-electron chi connectivity index (χ3n) is 9.80. The molecule has 0 unspecified atom stereocenters. The van der Waals surface area contributed by atoms with Gasteiger partial charge in [-0.2, -0.15) is 0 Å². The number of anilines is 2. The van der Waals surface area contributed by atoms with E-state index in [9.17, 15) is 18.7 Å². The summed E-state index contributed by atoms with van der Waals surface area (Å²) in [5, 5.41) is 14.6. The third-order valence-corrected chi connectivity index (χ3v) is 9.80. The van der Waals surface area contributed by atoms with E-state index >= 15 is 0 Å². The minimum atomic E-state index is -2.59. The molecular weight excluding hydrogens is 576 g/mol. The molecule has 0 spiro atoms. The average molecular weight is 623 g/mol. The second-order valence-corrected chi connectivity index (χ2v) is 13.6. The topological polar surface area (TPSA) is 97.2 Å². The summed E-state index contributed by atoms with van der Waals surface area (Å²) in [5.74, 6) is 0.480. The number of hydrogen-bond donors (Lipinski definition) is 2. The van der Waals surface area contributed by atoms with Gasteiger partial charge in [-0.05, 0) is 113 Å². The highest BCUT2D eigenvalue weighted by molar-refractivity contribution is 5.72. The molecule has 3 aromatic heterocycles. The van der Waals surface area contributed by atoms with E-state index in [-0.39, 0.29) is 29.2 Å². The van der Waals surface area contributed by atoms with Gasteiger partial charge in [-0.15, -0.1) is 0 Å². The fourth-order valence-electron chi connectivity index (χ4n) is 6.84. The Morgan fingerprint density at radius 2 is 1.76 bits per heavy atom. The van der Waals surface area contributed by atoms with E-state index in [1.165, 1.54) is 50.4 Å². The standard InChI is InChI=1S/C35H46F2N5O3/c1-23-18-29(40-32(19-23)41-31-20-25(33(36)37)16-17-38-31)26-12-15-30(39-21-26)35(2,44)27-13-10-24(11-14-27)34(43)45-22-42(3,4)28-8-6-5-7-9-28/h12,15-21,24,27-28,33,44H,5-11,13-14,22H2,1-4H3,(H,38,40,41)/q+1/t24-,27-,35-/m1/s1. The molecule has 2 aliphatic carbocycles. The molecule has 0 amide bonds. The van der Waals surface area contributed by atoms with Crippen LogP contribution in [-0.4, -0.2) is 57.4 Å². The van der Waals surface area contributed by atoms with E-state index in [1.54, 1.807) is 13.1 Å². The summed E-state index contributed by atoms with van der Waals surface area (Å²) in [6.45, 7) is 4.14. The quantitative estimate of drug-likeness (QED) is 0.138. The Balaban J connectivity index is 1.18. The first-order chi connectivity index (χ1) is 21.4. The molecule has 3 heterocycles. The van der Waals surface area contributed by atoms with Crippen LogP contribution in [0.4, 0.5) is 20.4 Å². The van der Waals surface area contributed by atoms with Crippen molar-refractivity contribution in [2.75, 3.05) is 26.1 Å². The molecule has 0 aliphatic heterocycles. The number of aromatic nitrogens is 3. The van der Waals surface area contributed by atoms with Crippen LogP contribution in [0.25, 0.3) is 11.3 Å². The predicted octanol–water partition coefficient (Wildman–Crippen LogP) is 7.45. The first-order valence-corrected chi connectivity index (χ1v) is 16.1. The van der Waals surface area contributed by atoms with Gasteiger partial charge >= 0.3 is 5.97 Å². The third kappa shape index (κ3) is 8.02. The van der Waals surface area contributed by atoms with Crippen LogP contribution in [0.2, 0.25) is 0 Å². The number of pyridine rings is 3. The maximum absolute atomic E-state index is 13.1. The van der Waals surface area contributed by atoms with Crippen LogP contribution in [0.1, 0.15) is 88.0 Å². The van der Waals surface area contributed by atoms with Crippen molar-refractivity contribution in [2.24, 2.45) is 11.8 Å². The number of quaternary nitrogens is 1. The Bertz CT molecular complexity index is 1450. The lowest BCUT2D eigenvalue weighted by Crippen LogP contribution is -2.51. The Morgan fingerprint density at radius 1 is 1.02 bits per heavy atom. The summed E-state index contributed by atoms with van der Waals surface area (Å²) in [5.41, 5.74) is 1.65. The number of aliphatic hydroxyl groups is 1. The molecule has 2 fully saturated rings. The highest BCUT2D eigenvalue weighted by Gasteiger charge is 2.40. The summed E-state index contributed by atoms with van der Waals surface area (Å²) in [4.78, 5) is 26.4. The van der Waals surface area contributed by atoms with Crippen molar-refractivity contribution in [3.05, 3.63) is 65.6 Å². The van der Waals surface area contributed by atoms with E-state index in [4.69, 9.17) is 4.74 Å². The molecule has 2 saturated carbocycles. The maximum atomic E-state index is 13.1. The van der Waals surface area contributed by atoms with Crippen LogP contribution in [0.3, 0.4) is 0 Å². The summed E-state index contributed by atoms with van der Waals surface area (Å²) in [6, 6.07) is 10.6. The van der Waals surface area contributed by atoms with Crippen LogP contribution in [-0.2, 0) is 15.1 Å². The number of rotatable bonds is 10. The van der Waals surface area contributed by atoms with Gasteiger partial charge in [-0.1, -0.05) is 6.42 Å². The zero-order valence-electron chi connectivity index (χ0n) is 26.8. The molecule has 45 heavy (non-hydrogen) atoms.